The van der Waals surface area contributed by atoms with E-state index >= 15 is 0 Å². The molecule has 0 saturated carbocycles. The maximum atomic E-state index is 10.3. The van der Waals surface area contributed by atoms with Crippen LogP contribution in [0.1, 0.15) is 29.8 Å². The maximum absolute atomic E-state index is 10.3. The molecule has 2 aromatic rings. The van der Waals surface area contributed by atoms with Crippen LogP contribution in [0.3, 0.4) is 0 Å². The first-order valence-electron chi connectivity index (χ1n) is 6.03. The molecular weight excluding hydrogens is 372 g/mol. The van der Waals surface area contributed by atoms with Crippen molar-refractivity contribution in [1.29, 1.82) is 0 Å². The molecule has 2 aromatic carbocycles. The Morgan fingerprint density at radius 2 is 1.84 bits per heavy atom. The van der Waals surface area contributed by atoms with Crippen LogP contribution in [0.2, 0.25) is 0 Å². The van der Waals surface area contributed by atoms with Crippen LogP contribution >= 0.6 is 31.9 Å². The van der Waals surface area contributed by atoms with Gasteiger partial charge >= 0.3 is 0 Å². The molecule has 0 saturated heterocycles. The number of benzene rings is 2. The average Bonchev–Trinajstić information content (AvgIpc) is 2.39. The SMILES string of the molecule is OC1CC(c2cccc(Br)c2)Oc2ccc(Br)cc21. The molecule has 2 atom stereocenters. The Morgan fingerprint density at radius 3 is 2.63 bits per heavy atom. The van der Waals surface area contributed by atoms with Gasteiger partial charge < -0.3 is 9.84 Å². The summed E-state index contributed by atoms with van der Waals surface area (Å²) in [5, 5.41) is 10.3. The van der Waals surface area contributed by atoms with Gasteiger partial charge in [0, 0.05) is 20.9 Å². The summed E-state index contributed by atoms with van der Waals surface area (Å²) in [6, 6.07) is 13.7. The largest absolute Gasteiger partial charge is 0.485 e. The van der Waals surface area contributed by atoms with Crippen LogP contribution in [-0.2, 0) is 0 Å². The van der Waals surface area contributed by atoms with Crippen LogP contribution in [0.4, 0.5) is 0 Å². The second-order valence-electron chi connectivity index (χ2n) is 4.60. The van der Waals surface area contributed by atoms with Crippen molar-refractivity contribution in [3.05, 3.63) is 62.5 Å². The minimum Gasteiger partial charge on any atom is -0.485 e. The lowest BCUT2D eigenvalue weighted by molar-refractivity contribution is 0.0656. The molecule has 1 heterocycles. The van der Waals surface area contributed by atoms with Crippen molar-refractivity contribution >= 4 is 31.9 Å². The fourth-order valence-corrected chi connectivity index (χ4v) is 3.12. The molecule has 0 amide bonds. The van der Waals surface area contributed by atoms with Crippen LogP contribution < -0.4 is 4.74 Å². The summed E-state index contributed by atoms with van der Waals surface area (Å²) < 4.78 is 7.97. The van der Waals surface area contributed by atoms with Gasteiger partial charge in [0.2, 0.25) is 0 Å². The Balaban J connectivity index is 1.95. The number of ether oxygens (including phenoxy) is 1. The van der Waals surface area contributed by atoms with Gasteiger partial charge in [-0.1, -0.05) is 44.0 Å². The Kier molecular flexibility index (Phi) is 3.65. The van der Waals surface area contributed by atoms with E-state index in [1.165, 1.54) is 0 Å². The fourth-order valence-electron chi connectivity index (χ4n) is 2.33. The van der Waals surface area contributed by atoms with E-state index in [0.717, 1.165) is 25.8 Å². The molecule has 0 bridgehead atoms. The molecule has 4 heteroatoms. The predicted molar refractivity (Wildman–Crippen MR) is 81.2 cm³/mol. The van der Waals surface area contributed by atoms with Crippen molar-refractivity contribution in [2.45, 2.75) is 18.6 Å². The van der Waals surface area contributed by atoms with Crippen molar-refractivity contribution in [2.24, 2.45) is 0 Å². The zero-order valence-electron chi connectivity index (χ0n) is 10.0. The Morgan fingerprint density at radius 1 is 1.05 bits per heavy atom. The molecule has 1 N–H and O–H groups in total. The molecule has 0 radical (unpaired) electrons. The van der Waals surface area contributed by atoms with Crippen LogP contribution in [0.15, 0.2) is 51.4 Å². The van der Waals surface area contributed by atoms with E-state index in [4.69, 9.17) is 4.74 Å². The number of aliphatic hydroxyl groups excluding tert-OH is 1. The van der Waals surface area contributed by atoms with Gasteiger partial charge in [0.25, 0.3) is 0 Å². The number of rotatable bonds is 1. The maximum Gasteiger partial charge on any atom is 0.127 e. The topological polar surface area (TPSA) is 29.5 Å². The lowest BCUT2D eigenvalue weighted by atomic mass is 9.95. The molecular formula is C15H12Br2O2. The molecule has 19 heavy (non-hydrogen) atoms. The van der Waals surface area contributed by atoms with Crippen molar-refractivity contribution in [3.8, 4) is 5.75 Å². The Labute approximate surface area is 128 Å². The summed E-state index contributed by atoms with van der Waals surface area (Å²) in [7, 11) is 0. The Hall–Kier alpha value is -0.840. The summed E-state index contributed by atoms with van der Waals surface area (Å²) in [6.45, 7) is 0. The first-order valence-corrected chi connectivity index (χ1v) is 7.62. The smallest absolute Gasteiger partial charge is 0.127 e. The zero-order chi connectivity index (χ0) is 13.4. The van der Waals surface area contributed by atoms with Crippen LogP contribution in [0, 0.1) is 0 Å². The van der Waals surface area contributed by atoms with Crippen LogP contribution in [0.25, 0.3) is 0 Å². The zero-order valence-corrected chi connectivity index (χ0v) is 13.2. The van der Waals surface area contributed by atoms with Gasteiger partial charge in [-0.15, -0.1) is 0 Å². The lowest BCUT2D eigenvalue weighted by Crippen LogP contribution is -2.19. The molecule has 2 unspecified atom stereocenters. The van der Waals surface area contributed by atoms with Crippen molar-refractivity contribution in [1.82, 2.24) is 0 Å². The van der Waals surface area contributed by atoms with Crippen molar-refractivity contribution in [2.75, 3.05) is 0 Å². The monoisotopic (exact) mass is 382 g/mol. The standard InChI is InChI=1S/C15H12Br2O2/c16-10-3-1-2-9(6-10)15-8-13(18)12-7-11(17)4-5-14(12)19-15/h1-7,13,15,18H,8H2. The molecule has 0 aliphatic carbocycles. The van der Waals surface area contributed by atoms with E-state index in [1.54, 1.807) is 0 Å². The quantitative estimate of drug-likeness (QED) is 0.768. The first kappa shape index (κ1) is 13.2. The minimum atomic E-state index is -0.495. The molecule has 0 aromatic heterocycles. The fraction of sp³-hybridized carbons (Fsp3) is 0.200. The van der Waals surface area contributed by atoms with Gasteiger partial charge in [-0.25, -0.2) is 0 Å². The van der Waals surface area contributed by atoms with Crippen LogP contribution in [-0.4, -0.2) is 5.11 Å². The number of halogens is 2. The second-order valence-corrected chi connectivity index (χ2v) is 6.43. The lowest BCUT2D eigenvalue weighted by Gasteiger charge is -2.30. The number of aliphatic hydroxyl groups is 1. The van der Waals surface area contributed by atoms with Gasteiger partial charge in [0.05, 0.1) is 6.10 Å². The second kappa shape index (κ2) is 5.27. The highest BCUT2D eigenvalue weighted by atomic mass is 79.9. The molecule has 0 spiro atoms. The first-order chi connectivity index (χ1) is 9.13. The summed E-state index contributed by atoms with van der Waals surface area (Å²) >= 11 is 6.88. The third-order valence-corrected chi connectivity index (χ3v) is 4.24. The van der Waals surface area contributed by atoms with E-state index in [1.807, 2.05) is 42.5 Å². The third-order valence-electron chi connectivity index (χ3n) is 3.26. The number of fused-ring (bicyclic) bond motifs is 1. The van der Waals surface area contributed by atoms with Gasteiger partial charge in [-0.3, -0.25) is 0 Å². The average molecular weight is 384 g/mol. The highest BCUT2D eigenvalue weighted by Crippen LogP contribution is 2.42. The Bertz CT molecular complexity index is 613. The minimum absolute atomic E-state index is 0.110. The number of hydrogen-bond acceptors (Lipinski definition) is 2. The van der Waals surface area contributed by atoms with Gasteiger partial charge in [0.15, 0.2) is 0 Å². The molecule has 3 rings (SSSR count). The summed E-state index contributed by atoms with van der Waals surface area (Å²) in [5.41, 5.74) is 1.92. The molecule has 1 aliphatic rings. The van der Waals surface area contributed by atoms with E-state index in [9.17, 15) is 5.11 Å². The summed E-state index contributed by atoms with van der Waals surface area (Å²) in [6.07, 6.45) is -0.0358. The molecule has 98 valence electrons. The van der Waals surface area contributed by atoms with E-state index in [-0.39, 0.29) is 6.10 Å². The normalized spacial score (nSPS) is 21.6. The summed E-state index contributed by atoms with van der Waals surface area (Å²) in [5.74, 6) is 0.756. The van der Waals surface area contributed by atoms with Crippen LogP contribution in [0.5, 0.6) is 5.75 Å². The molecule has 0 fully saturated rings. The predicted octanol–water partition coefficient (Wildman–Crippen LogP) is 4.77. The van der Waals surface area contributed by atoms with E-state index in [2.05, 4.69) is 31.9 Å². The highest BCUT2D eigenvalue weighted by molar-refractivity contribution is 9.10. The van der Waals surface area contributed by atoms with E-state index < -0.39 is 6.10 Å². The highest BCUT2D eigenvalue weighted by Gasteiger charge is 2.28. The van der Waals surface area contributed by atoms with Crippen molar-refractivity contribution in [3.63, 3.8) is 0 Å². The van der Waals surface area contributed by atoms with Gasteiger partial charge in [-0.2, -0.15) is 0 Å². The van der Waals surface area contributed by atoms with Gasteiger partial charge in [-0.05, 0) is 35.9 Å². The molecule has 2 nitrogen and oxygen atoms in total. The van der Waals surface area contributed by atoms with E-state index in [0.29, 0.717) is 6.42 Å². The van der Waals surface area contributed by atoms with Gasteiger partial charge in [0.1, 0.15) is 11.9 Å². The van der Waals surface area contributed by atoms with Crippen molar-refractivity contribution < 1.29 is 9.84 Å². The summed E-state index contributed by atoms with van der Waals surface area (Å²) in [4.78, 5) is 0. The third kappa shape index (κ3) is 2.71. The number of hydrogen-bond donors (Lipinski definition) is 1. The molecule has 1 aliphatic heterocycles.